The molecule has 1 aromatic heterocycles. The molecule has 1 spiro atoms. The summed E-state index contributed by atoms with van der Waals surface area (Å²) in [7, 11) is 0. The van der Waals surface area contributed by atoms with E-state index >= 15 is 0 Å². The number of aliphatic imine (C=N–C) groups is 2. The van der Waals surface area contributed by atoms with Gasteiger partial charge >= 0.3 is 0 Å². The van der Waals surface area contributed by atoms with Gasteiger partial charge in [-0.3, -0.25) is 14.6 Å². The number of pyridine rings is 1. The van der Waals surface area contributed by atoms with Crippen molar-refractivity contribution in [2.24, 2.45) is 21.5 Å². The van der Waals surface area contributed by atoms with Gasteiger partial charge in [-0.15, -0.1) is 0 Å². The van der Waals surface area contributed by atoms with Crippen LogP contribution in [0.2, 0.25) is 0 Å². The van der Waals surface area contributed by atoms with Crippen molar-refractivity contribution >= 4 is 23.7 Å². The van der Waals surface area contributed by atoms with Gasteiger partial charge in [-0.05, 0) is 30.0 Å². The molecular weight excluding hydrogens is 530 g/mol. The number of aromatic nitrogens is 1. The van der Waals surface area contributed by atoms with E-state index < -0.39 is 41.4 Å². The van der Waals surface area contributed by atoms with Crippen LogP contribution in [0.1, 0.15) is 46.5 Å². The molecule has 41 heavy (non-hydrogen) atoms. The third kappa shape index (κ3) is 4.04. The Labute approximate surface area is 235 Å². The molecule has 14 heteroatoms. The van der Waals surface area contributed by atoms with Crippen molar-refractivity contribution in [3.05, 3.63) is 59.4 Å². The first-order valence-electron chi connectivity index (χ1n) is 13.4. The Morgan fingerprint density at radius 3 is 2.73 bits per heavy atom. The Morgan fingerprint density at radius 1 is 1.17 bits per heavy atom. The maximum atomic E-state index is 13.6. The van der Waals surface area contributed by atoms with Gasteiger partial charge in [0.05, 0.1) is 23.8 Å². The van der Waals surface area contributed by atoms with E-state index in [1.54, 1.807) is 30.5 Å². The Bertz CT molecular complexity index is 1460. The normalized spacial score (nSPS) is 28.6. The van der Waals surface area contributed by atoms with Crippen LogP contribution >= 0.6 is 0 Å². The summed E-state index contributed by atoms with van der Waals surface area (Å²) in [5, 5.41) is 31.9. The van der Waals surface area contributed by atoms with Gasteiger partial charge in [0.1, 0.15) is 17.8 Å². The van der Waals surface area contributed by atoms with Crippen molar-refractivity contribution in [3.63, 3.8) is 0 Å². The molecular formula is C27H33N9O5. The lowest BCUT2D eigenvalue weighted by Crippen LogP contribution is -2.78. The summed E-state index contributed by atoms with van der Waals surface area (Å²) in [6, 6.07) is 5.62. The first-order valence-corrected chi connectivity index (χ1v) is 13.4. The molecule has 9 N–H and O–H groups in total. The van der Waals surface area contributed by atoms with E-state index in [-0.39, 0.29) is 36.0 Å². The molecule has 2 amide bonds. The number of aliphatic hydroxyl groups is 2. The molecule has 0 radical (unpaired) electrons. The fraction of sp³-hybridized carbons (Fsp3) is 0.444. The summed E-state index contributed by atoms with van der Waals surface area (Å²) >= 11 is 0. The lowest BCUT2D eigenvalue weighted by molar-refractivity contribution is -0.230. The number of nitrogens with one attached hydrogen (secondary N) is 3. The number of nitrogens with two attached hydrogens (primary N) is 2. The molecule has 6 rings (SSSR count). The van der Waals surface area contributed by atoms with Gasteiger partial charge in [0.2, 0.25) is 5.79 Å². The van der Waals surface area contributed by atoms with E-state index in [0.717, 1.165) is 12.0 Å². The zero-order valence-electron chi connectivity index (χ0n) is 22.7. The minimum Gasteiger partial charge on any atom is -0.492 e. The van der Waals surface area contributed by atoms with Crippen molar-refractivity contribution < 1.29 is 24.5 Å². The van der Waals surface area contributed by atoms with Crippen molar-refractivity contribution in [3.8, 4) is 5.75 Å². The summed E-state index contributed by atoms with van der Waals surface area (Å²) in [5.41, 5.74) is 12.0. The van der Waals surface area contributed by atoms with Crippen LogP contribution in [-0.4, -0.2) is 93.1 Å². The van der Waals surface area contributed by atoms with Crippen LogP contribution in [0.15, 0.2) is 52.7 Å². The largest absolute Gasteiger partial charge is 0.492 e. The van der Waals surface area contributed by atoms with Crippen molar-refractivity contribution in [2.45, 2.75) is 55.3 Å². The summed E-state index contributed by atoms with van der Waals surface area (Å²) < 4.78 is 5.89. The highest BCUT2D eigenvalue weighted by molar-refractivity contribution is 5.98. The number of nitrogens with zero attached hydrogens (tertiary/aromatic N) is 4. The molecule has 4 atom stereocenters. The molecule has 2 unspecified atom stereocenters. The number of rotatable bonds is 5. The first kappa shape index (κ1) is 26.8. The van der Waals surface area contributed by atoms with Crippen LogP contribution in [0, 0.1) is 0 Å². The fourth-order valence-electron chi connectivity index (χ4n) is 6.23. The fourth-order valence-corrected chi connectivity index (χ4v) is 6.23. The maximum Gasteiger partial charge on any atom is 0.255 e. The number of guanidine groups is 2. The highest BCUT2D eigenvalue weighted by Gasteiger charge is 2.73. The predicted molar refractivity (Wildman–Crippen MR) is 148 cm³/mol. The summed E-state index contributed by atoms with van der Waals surface area (Å²) in [5.74, 6) is -3.14. The van der Waals surface area contributed by atoms with Crippen molar-refractivity contribution in [1.29, 1.82) is 0 Å². The highest BCUT2D eigenvalue weighted by Crippen LogP contribution is 2.45. The van der Waals surface area contributed by atoms with E-state index in [4.69, 9.17) is 16.2 Å². The molecule has 4 aliphatic heterocycles. The van der Waals surface area contributed by atoms with Crippen LogP contribution in [0.3, 0.4) is 0 Å². The molecule has 4 aliphatic rings. The van der Waals surface area contributed by atoms with Gasteiger partial charge in [-0.2, -0.15) is 0 Å². The molecule has 0 saturated carbocycles. The van der Waals surface area contributed by atoms with E-state index in [0.29, 0.717) is 17.9 Å². The van der Waals surface area contributed by atoms with Crippen LogP contribution in [-0.2, 0) is 5.41 Å². The molecule has 0 aliphatic carbocycles. The molecule has 5 heterocycles. The lowest BCUT2D eigenvalue weighted by Gasteiger charge is -2.49. The van der Waals surface area contributed by atoms with Crippen LogP contribution < -0.4 is 32.2 Å². The quantitative estimate of drug-likeness (QED) is 0.206. The summed E-state index contributed by atoms with van der Waals surface area (Å²) in [6.45, 7) is 4.51. The van der Waals surface area contributed by atoms with Gasteiger partial charge in [0, 0.05) is 31.0 Å². The standard InChI is InChI=1S/C27H33N9O5/c1-25(2)8-10-41-19-15(6-3-7-16(19)25)22(38)33-18-13-36-24(29)32-17(12-31-21(37)14-5-4-9-30-11-14)20-26(36,27(18,39)40)35-23(28)34-20/h3-7,9,11,17-18,20,39-40H,8,10,12-13H2,1-2H3,(H2,29,32)(H,31,37)(H,33,38)(H3,28,34,35)/t17-,18?,20?,26-/m0/s1. The molecule has 216 valence electrons. The minimum atomic E-state index is -2.61. The minimum absolute atomic E-state index is 0.0225. The monoisotopic (exact) mass is 563 g/mol. The number of hydrogen-bond donors (Lipinski definition) is 7. The van der Waals surface area contributed by atoms with Crippen LogP contribution in [0.5, 0.6) is 5.75 Å². The number of benzene rings is 1. The number of para-hydroxylation sites is 1. The van der Waals surface area contributed by atoms with E-state index in [1.807, 2.05) is 6.07 Å². The van der Waals surface area contributed by atoms with E-state index in [9.17, 15) is 19.8 Å². The molecule has 2 aromatic rings. The second-order valence-electron chi connectivity index (χ2n) is 11.4. The number of fused-ring (bicyclic) bond motifs is 1. The number of carbonyl (C=O) groups excluding carboxylic acids is 2. The second-order valence-corrected chi connectivity index (χ2v) is 11.4. The summed E-state index contributed by atoms with van der Waals surface area (Å²) in [4.78, 5) is 40.5. The predicted octanol–water partition coefficient (Wildman–Crippen LogP) is -1.65. The van der Waals surface area contributed by atoms with Crippen molar-refractivity contribution in [2.75, 3.05) is 19.7 Å². The first-order chi connectivity index (χ1) is 19.5. The number of carbonyl (C=O) groups is 2. The third-order valence-corrected chi connectivity index (χ3v) is 8.46. The lowest BCUT2D eigenvalue weighted by atomic mass is 9.79. The Balaban J connectivity index is 1.27. The van der Waals surface area contributed by atoms with Crippen molar-refractivity contribution in [1.82, 2.24) is 25.8 Å². The average Bonchev–Trinajstić information content (AvgIpc) is 3.41. The van der Waals surface area contributed by atoms with Gasteiger partial charge < -0.3 is 47.3 Å². The molecule has 1 saturated heterocycles. The SMILES string of the molecule is CC1(C)CCOc2c(C(=O)NC3CN4C(N)=N[C@@H](CNC(=O)c5cccnc5)C5N=C(N)N[C@@]54C3(O)O)cccc21. The molecule has 1 aromatic carbocycles. The van der Waals surface area contributed by atoms with E-state index in [1.165, 1.54) is 11.1 Å². The van der Waals surface area contributed by atoms with Crippen LogP contribution in [0.25, 0.3) is 0 Å². The van der Waals surface area contributed by atoms with E-state index in [2.05, 4.69) is 44.8 Å². The number of hydrogen-bond acceptors (Lipinski definition) is 12. The number of amides is 2. The van der Waals surface area contributed by atoms with Gasteiger partial charge in [0.25, 0.3) is 11.8 Å². The Kier molecular flexibility index (Phi) is 6.08. The van der Waals surface area contributed by atoms with Crippen LogP contribution in [0.4, 0.5) is 0 Å². The van der Waals surface area contributed by atoms with Gasteiger partial charge in [-0.25, -0.2) is 9.98 Å². The van der Waals surface area contributed by atoms with Gasteiger partial charge in [0.15, 0.2) is 17.6 Å². The number of ether oxygens (including phenoxy) is 1. The molecule has 14 nitrogen and oxygen atoms in total. The topological polar surface area (TPSA) is 213 Å². The molecule has 1 fully saturated rings. The highest BCUT2D eigenvalue weighted by atomic mass is 16.5. The zero-order valence-corrected chi connectivity index (χ0v) is 22.7. The smallest absolute Gasteiger partial charge is 0.255 e. The summed E-state index contributed by atoms with van der Waals surface area (Å²) in [6.07, 6.45) is 3.79. The zero-order chi connectivity index (χ0) is 29.2. The molecule has 0 bridgehead atoms. The maximum absolute atomic E-state index is 13.6. The Morgan fingerprint density at radius 2 is 1.98 bits per heavy atom. The Hall–Kier alpha value is -4.43. The third-order valence-electron chi connectivity index (χ3n) is 8.46. The van der Waals surface area contributed by atoms with Gasteiger partial charge in [-0.1, -0.05) is 26.0 Å². The second kappa shape index (κ2) is 9.31. The average molecular weight is 564 g/mol.